The van der Waals surface area contributed by atoms with Crippen LogP contribution in [-0.4, -0.2) is 33.8 Å². The lowest BCUT2D eigenvalue weighted by molar-refractivity contribution is -0.137. The van der Waals surface area contributed by atoms with E-state index in [1.807, 2.05) is 0 Å². The number of piperidine rings is 1. The third-order valence-corrected chi connectivity index (χ3v) is 4.66. The van der Waals surface area contributed by atoms with Crippen LogP contribution in [-0.2, 0) is 12.6 Å². The Labute approximate surface area is 150 Å². The predicted molar refractivity (Wildman–Crippen MR) is 84.9 cm³/mol. The smallest absolute Gasteiger partial charge is 0.416 e. The molecule has 0 spiro atoms. The zero-order chi connectivity index (χ0) is 19.8. The number of halogens is 4. The second kappa shape index (κ2) is 7.09. The average molecular weight is 388 g/mol. The van der Waals surface area contributed by atoms with E-state index >= 15 is 0 Å². The molecule has 2 heterocycles. The van der Waals surface area contributed by atoms with E-state index in [2.05, 4.69) is 5.16 Å². The molecule has 0 aliphatic carbocycles. The van der Waals surface area contributed by atoms with Crippen LogP contribution in [0.15, 0.2) is 33.6 Å². The number of carboxylic acid groups (broad SMARTS) is 1. The molecule has 1 aliphatic rings. The zero-order valence-electron chi connectivity index (χ0n) is 13.9. The molecule has 1 aliphatic heterocycles. The van der Waals surface area contributed by atoms with Crippen molar-refractivity contribution in [2.45, 2.75) is 37.4 Å². The summed E-state index contributed by atoms with van der Waals surface area (Å²) in [7, 11) is 0. The van der Waals surface area contributed by atoms with Gasteiger partial charge in [-0.05, 0) is 43.0 Å². The van der Waals surface area contributed by atoms with Gasteiger partial charge in [-0.15, -0.1) is 0 Å². The van der Waals surface area contributed by atoms with Crippen LogP contribution < -0.4 is 5.56 Å². The molecular formula is C17H16F4N2O4. The van der Waals surface area contributed by atoms with E-state index in [0.29, 0.717) is 18.2 Å². The molecule has 2 unspecified atom stereocenters. The van der Waals surface area contributed by atoms with Crippen molar-refractivity contribution in [3.8, 4) is 0 Å². The lowest BCUT2D eigenvalue weighted by Crippen LogP contribution is -2.46. The van der Waals surface area contributed by atoms with Gasteiger partial charge in [0, 0.05) is 24.6 Å². The summed E-state index contributed by atoms with van der Waals surface area (Å²) in [5.74, 6) is -0.934. The number of benzene rings is 1. The van der Waals surface area contributed by atoms with Gasteiger partial charge in [-0.1, -0.05) is 0 Å². The van der Waals surface area contributed by atoms with Gasteiger partial charge in [0.25, 0.3) is 5.56 Å². The highest BCUT2D eigenvalue weighted by Gasteiger charge is 2.35. The number of aromatic nitrogens is 1. The number of H-pyrrole nitrogens is 1. The molecular weight excluding hydrogens is 372 g/mol. The number of nitrogens with one attached hydrogen (secondary N) is 1. The molecule has 6 nitrogen and oxygen atoms in total. The van der Waals surface area contributed by atoms with Crippen molar-refractivity contribution in [2.24, 2.45) is 0 Å². The molecule has 1 aromatic carbocycles. The lowest BCUT2D eigenvalue weighted by Gasteiger charge is -2.37. The first-order chi connectivity index (χ1) is 12.6. The van der Waals surface area contributed by atoms with Gasteiger partial charge < -0.3 is 14.5 Å². The Morgan fingerprint density at radius 1 is 1.30 bits per heavy atom. The minimum absolute atomic E-state index is 0.0507. The first-order valence-electron chi connectivity index (χ1n) is 8.18. The number of aromatic amines is 1. The summed E-state index contributed by atoms with van der Waals surface area (Å²) in [6, 6.07) is 2.78. The molecule has 0 radical (unpaired) electrons. The third kappa shape index (κ3) is 4.32. The maximum Gasteiger partial charge on any atom is 0.416 e. The van der Waals surface area contributed by atoms with Crippen LogP contribution in [0.5, 0.6) is 0 Å². The summed E-state index contributed by atoms with van der Waals surface area (Å²) in [5, 5.41) is 11.5. The molecule has 27 heavy (non-hydrogen) atoms. The van der Waals surface area contributed by atoms with Gasteiger partial charge in [-0.2, -0.15) is 18.3 Å². The van der Waals surface area contributed by atoms with E-state index in [0.717, 1.165) is 17.0 Å². The Morgan fingerprint density at radius 3 is 2.63 bits per heavy atom. The average Bonchev–Trinajstić information content (AvgIpc) is 2.99. The molecule has 0 bridgehead atoms. The van der Waals surface area contributed by atoms with Crippen molar-refractivity contribution in [2.75, 3.05) is 6.54 Å². The Kier molecular flexibility index (Phi) is 4.99. The zero-order valence-corrected chi connectivity index (χ0v) is 13.9. The molecule has 1 fully saturated rings. The molecule has 10 heteroatoms. The normalized spacial score (nSPS) is 20.7. The Morgan fingerprint density at radius 2 is 2.04 bits per heavy atom. The second-order valence-electron chi connectivity index (χ2n) is 6.52. The largest absolute Gasteiger partial charge is 0.465 e. The topological polar surface area (TPSA) is 86.5 Å². The molecule has 1 aromatic heterocycles. The maximum atomic E-state index is 13.6. The van der Waals surface area contributed by atoms with E-state index in [1.165, 1.54) is 6.07 Å². The number of alkyl halides is 3. The number of nitrogens with zero attached hydrogens (tertiary/aromatic N) is 1. The van der Waals surface area contributed by atoms with Crippen molar-refractivity contribution in [3.63, 3.8) is 0 Å². The monoisotopic (exact) mass is 388 g/mol. The van der Waals surface area contributed by atoms with Crippen LogP contribution in [0.4, 0.5) is 22.4 Å². The van der Waals surface area contributed by atoms with Gasteiger partial charge in [-0.25, -0.2) is 9.18 Å². The van der Waals surface area contributed by atoms with Gasteiger partial charge in [0.1, 0.15) is 11.6 Å². The van der Waals surface area contributed by atoms with Crippen molar-refractivity contribution in [1.82, 2.24) is 10.1 Å². The van der Waals surface area contributed by atoms with Crippen LogP contribution >= 0.6 is 0 Å². The van der Waals surface area contributed by atoms with Crippen LogP contribution in [0.2, 0.25) is 0 Å². The standard InChI is InChI=1S/C17H16F4N2O4/c18-12-4-9(3-11(7-12)17(19,20)21)5-13-6-10(1-2-23(13)16(25)26)14-8-15(24)22-27-14/h3-4,7-8,10,13H,1-2,5-6H2,(H,22,24)(H,25,26). The number of carbonyl (C=O) groups is 1. The fourth-order valence-electron chi connectivity index (χ4n) is 3.46. The molecule has 1 amide bonds. The number of rotatable bonds is 3. The SMILES string of the molecule is O=C(O)N1CCC(c2cc(=O)[nH]o2)CC1Cc1cc(F)cc(C(F)(F)F)c1. The van der Waals surface area contributed by atoms with Crippen molar-refractivity contribution < 1.29 is 32.0 Å². The highest BCUT2D eigenvalue weighted by atomic mass is 19.4. The summed E-state index contributed by atoms with van der Waals surface area (Å²) < 4.78 is 57.4. The fraction of sp³-hybridized carbons (Fsp3) is 0.412. The van der Waals surface area contributed by atoms with Crippen molar-refractivity contribution in [1.29, 1.82) is 0 Å². The van der Waals surface area contributed by atoms with Gasteiger partial charge in [0.05, 0.1) is 5.56 Å². The summed E-state index contributed by atoms with van der Waals surface area (Å²) in [6.07, 6.45) is -5.35. The van der Waals surface area contributed by atoms with E-state index in [9.17, 15) is 32.3 Å². The first-order valence-corrected chi connectivity index (χ1v) is 8.18. The van der Waals surface area contributed by atoms with E-state index < -0.39 is 35.3 Å². The van der Waals surface area contributed by atoms with Gasteiger partial charge in [0.15, 0.2) is 0 Å². The third-order valence-electron chi connectivity index (χ3n) is 4.66. The predicted octanol–water partition coefficient (Wildman–Crippen LogP) is 3.59. The Hall–Kier alpha value is -2.78. The fourth-order valence-corrected chi connectivity index (χ4v) is 3.46. The van der Waals surface area contributed by atoms with Gasteiger partial charge in [0.2, 0.25) is 0 Å². The molecule has 2 N–H and O–H groups in total. The van der Waals surface area contributed by atoms with Gasteiger partial charge in [-0.3, -0.25) is 4.79 Å². The number of amides is 1. The highest BCUT2D eigenvalue weighted by Crippen LogP contribution is 2.34. The molecule has 3 rings (SSSR count). The van der Waals surface area contributed by atoms with Crippen LogP contribution in [0.3, 0.4) is 0 Å². The Bertz CT molecular complexity index is 890. The van der Waals surface area contributed by atoms with Crippen molar-refractivity contribution >= 4 is 6.09 Å². The molecule has 146 valence electrons. The Balaban J connectivity index is 1.86. The summed E-state index contributed by atoms with van der Waals surface area (Å²) in [4.78, 5) is 23.9. The number of likely N-dealkylation sites (tertiary alicyclic amines) is 1. The molecule has 0 saturated carbocycles. The minimum atomic E-state index is -4.70. The quantitative estimate of drug-likeness (QED) is 0.787. The first kappa shape index (κ1) is 19.0. The maximum absolute atomic E-state index is 13.6. The second-order valence-corrected chi connectivity index (χ2v) is 6.52. The summed E-state index contributed by atoms with van der Waals surface area (Å²) in [6.45, 7) is 0.126. The van der Waals surface area contributed by atoms with E-state index in [-0.39, 0.29) is 30.9 Å². The number of hydrogen-bond donors (Lipinski definition) is 2. The number of hydrogen-bond acceptors (Lipinski definition) is 3. The van der Waals surface area contributed by atoms with Crippen molar-refractivity contribution in [3.05, 3.63) is 57.3 Å². The van der Waals surface area contributed by atoms with Gasteiger partial charge >= 0.3 is 12.3 Å². The lowest BCUT2D eigenvalue weighted by atomic mass is 9.86. The summed E-state index contributed by atoms with van der Waals surface area (Å²) >= 11 is 0. The van der Waals surface area contributed by atoms with E-state index in [4.69, 9.17) is 4.52 Å². The summed E-state index contributed by atoms with van der Waals surface area (Å²) in [5.41, 5.74) is -1.50. The molecule has 2 aromatic rings. The van der Waals surface area contributed by atoms with Crippen LogP contribution in [0.25, 0.3) is 0 Å². The molecule has 2 atom stereocenters. The van der Waals surface area contributed by atoms with Crippen LogP contribution in [0, 0.1) is 5.82 Å². The minimum Gasteiger partial charge on any atom is -0.465 e. The molecule has 1 saturated heterocycles. The highest BCUT2D eigenvalue weighted by molar-refractivity contribution is 5.65. The van der Waals surface area contributed by atoms with Crippen LogP contribution in [0.1, 0.15) is 35.6 Å². The van der Waals surface area contributed by atoms with E-state index in [1.54, 1.807) is 0 Å².